The van der Waals surface area contributed by atoms with Gasteiger partial charge in [-0.25, -0.2) is 0 Å². The second kappa shape index (κ2) is 6.30. The van der Waals surface area contributed by atoms with E-state index < -0.39 is 0 Å². The van der Waals surface area contributed by atoms with Crippen LogP contribution in [-0.2, 0) is 0 Å². The molecule has 0 heterocycles. The zero-order valence-electron chi connectivity index (χ0n) is 9.72. The molecular formula is C12H19NO. The van der Waals surface area contributed by atoms with Crippen molar-refractivity contribution >= 4 is 5.69 Å². The van der Waals surface area contributed by atoms with Crippen LogP contribution in [0.3, 0.4) is 0 Å². The molecule has 0 fully saturated rings. The fourth-order valence-electron chi connectivity index (χ4n) is 1.04. The lowest BCUT2D eigenvalue weighted by atomic mass is 10.1. The van der Waals surface area contributed by atoms with Gasteiger partial charge in [0.05, 0.1) is 0 Å². The third-order valence-corrected chi connectivity index (χ3v) is 1.91. The van der Waals surface area contributed by atoms with E-state index in [-0.39, 0.29) is 0 Å². The zero-order chi connectivity index (χ0) is 11.1. The van der Waals surface area contributed by atoms with E-state index in [1.54, 1.807) is 0 Å². The third kappa shape index (κ3) is 3.69. The molecule has 0 N–H and O–H groups in total. The summed E-state index contributed by atoms with van der Waals surface area (Å²) < 4.78 is 0. The van der Waals surface area contributed by atoms with Gasteiger partial charge in [-0.15, -0.1) is 4.91 Å². The van der Waals surface area contributed by atoms with Crippen LogP contribution in [0, 0.1) is 25.7 Å². The first kappa shape index (κ1) is 12.8. The van der Waals surface area contributed by atoms with Gasteiger partial charge in [0.2, 0.25) is 0 Å². The molecule has 0 aliphatic rings. The Morgan fingerprint density at radius 3 is 1.86 bits per heavy atom. The molecule has 14 heavy (non-hydrogen) atoms. The number of nitrogens with zero attached hydrogens (tertiary/aromatic N) is 1. The van der Waals surface area contributed by atoms with Gasteiger partial charge in [0, 0.05) is 0 Å². The van der Waals surface area contributed by atoms with Crippen molar-refractivity contribution in [2.75, 3.05) is 0 Å². The maximum atomic E-state index is 10.2. The topological polar surface area (TPSA) is 29.4 Å². The first-order valence-corrected chi connectivity index (χ1v) is 4.98. The molecule has 1 aromatic carbocycles. The van der Waals surface area contributed by atoms with Crippen molar-refractivity contribution in [3.63, 3.8) is 0 Å². The Morgan fingerprint density at radius 1 is 1.00 bits per heavy atom. The second-order valence-corrected chi connectivity index (χ2v) is 3.52. The van der Waals surface area contributed by atoms with Crippen molar-refractivity contribution in [3.8, 4) is 0 Å². The molecule has 0 saturated carbocycles. The molecule has 0 radical (unpaired) electrons. The Bertz CT molecular complexity index is 305. The lowest BCUT2D eigenvalue weighted by Crippen LogP contribution is -1.82. The van der Waals surface area contributed by atoms with E-state index >= 15 is 0 Å². The summed E-state index contributed by atoms with van der Waals surface area (Å²) in [5.74, 6) is 0. The number of aryl methyl sites for hydroxylation is 3. The van der Waals surface area contributed by atoms with Gasteiger partial charge in [-0.2, -0.15) is 0 Å². The summed E-state index contributed by atoms with van der Waals surface area (Å²) in [5, 5.41) is 2.92. The Morgan fingerprint density at radius 2 is 1.43 bits per heavy atom. The molecule has 2 heteroatoms. The lowest BCUT2D eigenvalue weighted by molar-refractivity contribution is 1.09. The summed E-state index contributed by atoms with van der Waals surface area (Å²) in [7, 11) is 0. The Balaban J connectivity index is 0.000000500. The van der Waals surface area contributed by atoms with Crippen LogP contribution in [-0.4, -0.2) is 0 Å². The monoisotopic (exact) mass is 193 g/mol. The molecule has 0 saturated heterocycles. The van der Waals surface area contributed by atoms with Crippen LogP contribution in [0.2, 0.25) is 0 Å². The van der Waals surface area contributed by atoms with Crippen LogP contribution < -0.4 is 0 Å². The molecule has 78 valence electrons. The highest BCUT2D eigenvalue weighted by Crippen LogP contribution is 2.21. The van der Waals surface area contributed by atoms with Gasteiger partial charge in [-0.05, 0) is 48.7 Å². The molecule has 0 amide bonds. The summed E-state index contributed by atoms with van der Waals surface area (Å²) in [6, 6.07) is 3.80. The highest BCUT2D eigenvalue weighted by Gasteiger charge is 2.00. The number of benzene rings is 1. The highest BCUT2D eigenvalue weighted by molar-refractivity contribution is 5.50. The molecule has 0 bridgehead atoms. The van der Waals surface area contributed by atoms with Gasteiger partial charge in [0.25, 0.3) is 0 Å². The van der Waals surface area contributed by atoms with Crippen LogP contribution in [0.1, 0.15) is 37.0 Å². The lowest BCUT2D eigenvalue weighted by Gasteiger charge is -2.02. The molecule has 0 aliphatic heterocycles. The van der Waals surface area contributed by atoms with Crippen molar-refractivity contribution < 1.29 is 0 Å². The maximum absolute atomic E-state index is 10.2. The van der Waals surface area contributed by atoms with Gasteiger partial charge in [0.1, 0.15) is 5.69 Å². The predicted octanol–water partition coefficient (Wildman–Crippen LogP) is 4.43. The van der Waals surface area contributed by atoms with E-state index in [0.29, 0.717) is 5.69 Å². The Hall–Kier alpha value is -1.18. The molecular weight excluding hydrogens is 174 g/mol. The van der Waals surface area contributed by atoms with Gasteiger partial charge in [-0.1, -0.05) is 26.3 Å². The van der Waals surface area contributed by atoms with Crippen molar-refractivity contribution in [3.05, 3.63) is 33.7 Å². The minimum atomic E-state index is 0.549. The minimum absolute atomic E-state index is 0.549. The molecule has 0 spiro atoms. The summed E-state index contributed by atoms with van der Waals surface area (Å²) in [4.78, 5) is 10.2. The van der Waals surface area contributed by atoms with Gasteiger partial charge < -0.3 is 0 Å². The van der Waals surface area contributed by atoms with Crippen LogP contribution in [0.4, 0.5) is 5.69 Å². The molecule has 1 aromatic rings. The standard InChI is InChI=1S/C9H11NO.C3H8/c1-6-4-8(3)9(10-11)5-7(6)2;1-3-2/h4-5H,1-3H3;3H2,1-2H3. The van der Waals surface area contributed by atoms with Gasteiger partial charge >= 0.3 is 0 Å². The fraction of sp³-hybridized carbons (Fsp3) is 0.500. The van der Waals surface area contributed by atoms with Crippen molar-refractivity contribution in [2.45, 2.75) is 41.0 Å². The molecule has 0 aromatic heterocycles. The quantitative estimate of drug-likeness (QED) is 0.607. The molecule has 0 aliphatic carbocycles. The van der Waals surface area contributed by atoms with E-state index in [1.807, 2.05) is 32.9 Å². The van der Waals surface area contributed by atoms with E-state index in [0.717, 1.165) is 11.1 Å². The average molecular weight is 193 g/mol. The van der Waals surface area contributed by atoms with Crippen LogP contribution in [0.15, 0.2) is 17.3 Å². The number of hydrogen-bond acceptors (Lipinski definition) is 2. The minimum Gasteiger partial charge on any atom is -0.145 e. The van der Waals surface area contributed by atoms with E-state index in [1.165, 1.54) is 12.0 Å². The first-order valence-electron chi connectivity index (χ1n) is 4.98. The van der Waals surface area contributed by atoms with E-state index in [9.17, 15) is 4.91 Å². The van der Waals surface area contributed by atoms with Crippen molar-refractivity contribution in [2.24, 2.45) is 5.18 Å². The number of hydrogen-bond donors (Lipinski definition) is 0. The number of nitroso groups, excluding NO2 is 1. The summed E-state index contributed by atoms with van der Waals surface area (Å²) in [5.41, 5.74) is 3.82. The van der Waals surface area contributed by atoms with E-state index in [4.69, 9.17) is 0 Å². The summed E-state index contributed by atoms with van der Waals surface area (Å²) in [6.07, 6.45) is 1.25. The fourth-order valence-corrected chi connectivity index (χ4v) is 1.04. The average Bonchev–Trinajstić information content (AvgIpc) is 2.12. The number of rotatable bonds is 1. The van der Waals surface area contributed by atoms with E-state index in [2.05, 4.69) is 19.0 Å². The normalized spacial score (nSPS) is 8.93. The third-order valence-electron chi connectivity index (χ3n) is 1.91. The first-order chi connectivity index (χ1) is 6.56. The largest absolute Gasteiger partial charge is 0.145 e. The Labute approximate surface area is 86.3 Å². The molecule has 0 unspecified atom stereocenters. The molecule has 2 nitrogen and oxygen atoms in total. The van der Waals surface area contributed by atoms with Gasteiger partial charge in [-0.3, -0.25) is 0 Å². The Kier molecular flexibility index (Phi) is 5.77. The maximum Gasteiger partial charge on any atom is 0.111 e. The SMILES string of the molecule is CCC.Cc1cc(C)c(N=O)cc1C. The molecule has 1 rings (SSSR count). The van der Waals surface area contributed by atoms with Crippen LogP contribution >= 0.6 is 0 Å². The smallest absolute Gasteiger partial charge is 0.111 e. The predicted molar refractivity (Wildman–Crippen MR) is 62.1 cm³/mol. The molecule has 0 atom stereocenters. The second-order valence-electron chi connectivity index (χ2n) is 3.52. The summed E-state index contributed by atoms with van der Waals surface area (Å²) >= 11 is 0. The summed E-state index contributed by atoms with van der Waals surface area (Å²) in [6.45, 7) is 10.1. The zero-order valence-corrected chi connectivity index (χ0v) is 9.72. The van der Waals surface area contributed by atoms with Crippen LogP contribution in [0.5, 0.6) is 0 Å². The van der Waals surface area contributed by atoms with Crippen molar-refractivity contribution in [1.82, 2.24) is 0 Å². The van der Waals surface area contributed by atoms with Crippen LogP contribution in [0.25, 0.3) is 0 Å². The highest BCUT2D eigenvalue weighted by atomic mass is 16.3. The van der Waals surface area contributed by atoms with Crippen molar-refractivity contribution in [1.29, 1.82) is 0 Å². The van der Waals surface area contributed by atoms with Gasteiger partial charge in [0.15, 0.2) is 0 Å².